The van der Waals surface area contributed by atoms with Gasteiger partial charge in [0.15, 0.2) is 6.61 Å². The van der Waals surface area contributed by atoms with Crippen molar-refractivity contribution in [1.82, 2.24) is 10.2 Å². The maximum atomic E-state index is 12.0. The molecule has 0 aliphatic rings. The van der Waals surface area contributed by atoms with Crippen molar-refractivity contribution < 1.29 is 33.1 Å². The third-order valence-electron chi connectivity index (χ3n) is 3.93. The SMILES string of the molecule is COC(=O)c1ccc(/C=C/C(=O)OCC(=O)N(C)CC(=O)NCc2ccco2)cc1. The molecule has 0 saturated carbocycles. The van der Waals surface area contributed by atoms with E-state index in [0.29, 0.717) is 16.9 Å². The van der Waals surface area contributed by atoms with Crippen LogP contribution in [-0.4, -0.2) is 56.0 Å². The number of ether oxygens (including phenoxy) is 2. The van der Waals surface area contributed by atoms with Gasteiger partial charge < -0.3 is 24.1 Å². The number of amides is 2. The largest absolute Gasteiger partial charge is 0.467 e. The molecule has 2 aromatic rings. The van der Waals surface area contributed by atoms with E-state index in [0.717, 1.165) is 11.0 Å². The maximum Gasteiger partial charge on any atom is 0.337 e. The molecule has 0 radical (unpaired) electrons. The predicted octanol–water partition coefficient (Wildman–Crippen LogP) is 1.40. The van der Waals surface area contributed by atoms with Gasteiger partial charge in [0.1, 0.15) is 5.76 Å². The van der Waals surface area contributed by atoms with E-state index < -0.39 is 24.5 Å². The monoisotopic (exact) mass is 414 g/mol. The summed E-state index contributed by atoms with van der Waals surface area (Å²) in [6, 6.07) is 9.82. The second-order valence-electron chi connectivity index (χ2n) is 6.16. The number of likely N-dealkylation sites (N-methyl/N-ethyl adjacent to an activating group) is 1. The molecule has 0 saturated heterocycles. The van der Waals surface area contributed by atoms with Crippen LogP contribution in [0.5, 0.6) is 0 Å². The number of rotatable bonds is 9. The number of carbonyl (C=O) groups excluding carboxylic acids is 4. The van der Waals surface area contributed by atoms with E-state index >= 15 is 0 Å². The molecule has 1 aromatic carbocycles. The summed E-state index contributed by atoms with van der Waals surface area (Å²) in [4.78, 5) is 48.1. The van der Waals surface area contributed by atoms with Crippen molar-refractivity contribution in [3.05, 3.63) is 65.6 Å². The van der Waals surface area contributed by atoms with Crippen molar-refractivity contribution in [3.8, 4) is 0 Å². The van der Waals surface area contributed by atoms with E-state index in [-0.39, 0.29) is 19.0 Å². The normalized spacial score (nSPS) is 10.5. The highest BCUT2D eigenvalue weighted by Crippen LogP contribution is 2.07. The van der Waals surface area contributed by atoms with Crippen LogP contribution >= 0.6 is 0 Å². The van der Waals surface area contributed by atoms with Crippen molar-refractivity contribution in [1.29, 1.82) is 0 Å². The van der Waals surface area contributed by atoms with Crippen LogP contribution in [0.1, 0.15) is 21.7 Å². The lowest BCUT2D eigenvalue weighted by Crippen LogP contribution is -2.39. The average molecular weight is 414 g/mol. The summed E-state index contributed by atoms with van der Waals surface area (Å²) in [5.74, 6) is -1.47. The fourth-order valence-corrected chi connectivity index (χ4v) is 2.26. The standard InChI is InChI=1S/C21H22N2O7/c1-23(13-18(24)22-12-17-4-3-11-29-17)19(25)14-30-20(26)10-7-15-5-8-16(9-6-15)21(27)28-2/h3-11H,12-14H2,1-2H3,(H,22,24)/b10-7+. The lowest BCUT2D eigenvalue weighted by molar-refractivity contribution is -0.148. The van der Waals surface area contributed by atoms with Crippen LogP contribution in [0.2, 0.25) is 0 Å². The van der Waals surface area contributed by atoms with Crippen LogP contribution in [0.3, 0.4) is 0 Å². The highest BCUT2D eigenvalue weighted by atomic mass is 16.5. The fraction of sp³-hybridized carbons (Fsp3) is 0.238. The van der Waals surface area contributed by atoms with Crippen LogP contribution in [0.15, 0.2) is 53.2 Å². The number of benzene rings is 1. The molecule has 2 amide bonds. The van der Waals surface area contributed by atoms with Gasteiger partial charge in [-0.05, 0) is 35.9 Å². The Morgan fingerprint density at radius 1 is 1.13 bits per heavy atom. The number of nitrogens with zero attached hydrogens (tertiary/aromatic N) is 1. The molecule has 9 heteroatoms. The summed E-state index contributed by atoms with van der Waals surface area (Å²) in [5.41, 5.74) is 1.05. The summed E-state index contributed by atoms with van der Waals surface area (Å²) in [6.45, 7) is -0.458. The Bertz CT molecular complexity index is 902. The number of hydrogen-bond donors (Lipinski definition) is 1. The predicted molar refractivity (Wildman–Crippen MR) is 106 cm³/mol. The van der Waals surface area contributed by atoms with E-state index in [1.54, 1.807) is 36.4 Å². The molecule has 9 nitrogen and oxygen atoms in total. The van der Waals surface area contributed by atoms with Gasteiger partial charge >= 0.3 is 11.9 Å². The smallest absolute Gasteiger partial charge is 0.337 e. The second-order valence-corrected chi connectivity index (χ2v) is 6.16. The zero-order valence-electron chi connectivity index (χ0n) is 16.6. The minimum atomic E-state index is -0.712. The van der Waals surface area contributed by atoms with Gasteiger partial charge in [-0.25, -0.2) is 9.59 Å². The van der Waals surface area contributed by atoms with Crippen LogP contribution in [0.25, 0.3) is 6.08 Å². The van der Waals surface area contributed by atoms with E-state index in [9.17, 15) is 19.2 Å². The van der Waals surface area contributed by atoms with Crippen LogP contribution < -0.4 is 5.32 Å². The number of esters is 2. The molecular formula is C21H22N2O7. The van der Waals surface area contributed by atoms with E-state index in [2.05, 4.69) is 10.1 Å². The van der Waals surface area contributed by atoms with Crippen molar-refractivity contribution in [2.45, 2.75) is 6.54 Å². The minimum absolute atomic E-state index is 0.181. The zero-order chi connectivity index (χ0) is 21.9. The molecule has 0 bridgehead atoms. The average Bonchev–Trinajstić information content (AvgIpc) is 3.28. The Morgan fingerprint density at radius 3 is 2.50 bits per heavy atom. The first-order chi connectivity index (χ1) is 14.4. The van der Waals surface area contributed by atoms with Gasteiger partial charge in [-0.3, -0.25) is 9.59 Å². The lowest BCUT2D eigenvalue weighted by atomic mass is 10.1. The number of furan rings is 1. The molecule has 2 rings (SSSR count). The molecule has 30 heavy (non-hydrogen) atoms. The van der Waals surface area contributed by atoms with Crippen LogP contribution in [-0.2, 0) is 30.4 Å². The first-order valence-electron chi connectivity index (χ1n) is 8.95. The maximum absolute atomic E-state index is 12.0. The Balaban J connectivity index is 1.72. The van der Waals surface area contributed by atoms with Crippen molar-refractivity contribution >= 4 is 29.8 Å². The lowest BCUT2D eigenvalue weighted by Gasteiger charge is -2.16. The minimum Gasteiger partial charge on any atom is -0.467 e. The molecule has 158 valence electrons. The molecule has 0 spiro atoms. The molecule has 1 heterocycles. The van der Waals surface area contributed by atoms with Crippen LogP contribution in [0.4, 0.5) is 0 Å². The summed E-state index contributed by atoms with van der Waals surface area (Å²) in [6.07, 6.45) is 4.15. The summed E-state index contributed by atoms with van der Waals surface area (Å²) >= 11 is 0. The topological polar surface area (TPSA) is 115 Å². The van der Waals surface area contributed by atoms with E-state index in [4.69, 9.17) is 9.15 Å². The molecule has 0 atom stereocenters. The van der Waals surface area contributed by atoms with Gasteiger partial charge in [0, 0.05) is 13.1 Å². The Hall–Kier alpha value is -3.88. The Kier molecular flexibility index (Phi) is 8.37. The van der Waals surface area contributed by atoms with E-state index in [1.165, 1.54) is 26.5 Å². The first kappa shape index (κ1) is 22.4. The van der Waals surface area contributed by atoms with Gasteiger partial charge in [0.2, 0.25) is 5.91 Å². The summed E-state index contributed by atoms with van der Waals surface area (Å²) in [5, 5.41) is 2.61. The molecule has 1 aromatic heterocycles. The molecule has 0 aliphatic carbocycles. The van der Waals surface area contributed by atoms with Gasteiger partial charge in [0.25, 0.3) is 5.91 Å². The summed E-state index contributed by atoms with van der Waals surface area (Å²) < 4.78 is 14.6. The van der Waals surface area contributed by atoms with Gasteiger partial charge in [-0.15, -0.1) is 0 Å². The molecule has 0 fully saturated rings. The quantitative estimate of drug-likeness (QED) is 0.487. The number of nitrogens with one attached hydrogen (secondary N) is 1. The Labute approximate surface area is 173 Å². The van der Waals surface area contributed by atoms with Crippen molar-refractivity contribution in [2.24, 2.45) is 0 Å². The van der Waals surface area contributed by atoms with Crippen molar-refractivity contribution in [3.63, 3.8) is 0 Å². The highest BCUT2D eigenvalue weighted by Gasteiger charge is 2.14. The van der Waals surface area contributed by atoms with Gasteiger partial charge in [-0.2, -0.15) is 0 Å². The molecular weight excluding hydrogens is 392 g/mol. The number of hydrogen-bond acceptors (Lipinski definition) is 7. The second kappa shape index (κ2) is 11.2. The fourth-order valence-electron chi connectivity index (χ4n) is 2.26. The van der Waals surface area contributed by atoms with E-state index in [1.807, 2.05) is 0 Å². The number of carbonyl (C=O) groups is 4. The molecule has 0 aliphatic heterocycles. The van der Waals surface area contributed by atoms with Crippen molar-refractivity contribution in [2.75, 3.05) is 27.3 Å². The summed E-state index contributed by atoms with van der Waals surface area (Å²) in [7, 11) is 2.72. The third-order valence-corrected chi connectivity index (χ3v) is 3.93. The van der Waals surface area contributed by atoms with Crippen LogP contribution in [0, 0.1) is 0 Å². The third kappa shape index (κ3) is 7.27. The zero-order valence-corrected chi connectivity index (χ0v) is 16.6. The molecule has 1 N–H and O–H groups in total. The van der Waals surface area contributed by atoms with Gasteiger partial charge in [-0.1, -0.05) is 12.1 Å². The number of methoxy groups -OCH3 is 1. The molecule has 0 unspecified atom stereocenters. The Morgan fingerprint density at radius 2 is 1.87 bits per heavy atom. The highest BCUT2D eigenvalue weighted by molar-refractivity contribution is 5.91. The first-order valence-corrected chi connectivity index (χ1v) is 8.95. The van der Waals surface area contributed by atoms with Gasteiger partial charge in [0.05, 0.1) is 32.0 Å².